The lowest BCUT2D eigenvalue weighted by atomic mass is 9.99. The normalized spacial score (nSPS) is 23.6. The zero-order valence-electron chi connectivity index (χ0n) is 11.3. The Bertz CT molecular complexity index is 528. The molecule has 0 aliphatic heterocycles. The first-order valence-corrected chi connectivity index (χ1v) is 8.44. The van der Waals surface area contributed by atoms with E-state index in [0.29, 0.717) is 29.6 Å². The van der Waals surface area contributed by atoms with Gasteiger partial charge in [0.25, 0.3) is 0 Å². The third-order valence-corrected chi connectivity index (χ3v) is 5.30. The molecule has 0 aromatic heterocycles. The molecule has 0 spiro atoms. The highest BCUT2D eigenvalue weighted by molar-refractivity contribution is 7.88. The largest absolute Gasteiger partial charge is 0.398 e. The topological polar surface area (TPSA) is 72.2 Å². The lowest BCUT2D eigenvalue weighted by Gasteiger charge is -2.16. The van der Waals surface area contributed by atoms with Crippen molar-refractivity contribution in [3.8, 4) is 0 Å². The van der Waals surface area contributed by atoms with Crippen LogP contribution in [0.2, 0.25) is 0 Å². The van der Waals surface area contributed by atoms with Gasteiger partial charge in [-0.25, -0.2) is 13.1 Å². The lowest BCUT2D eigenvalue weighted by Crippen LogP contribution is -2.31. The summed E-state index contributed by atoms with van der Waals surface area (Å²) in [5, 5.41) is 0. The van der Waals surface area contributed by atoms with E-state index < -0.39 is 10.0 Å². The van der Waals surface area contributed by atoms with E-state index in [1.54, 1.807) is 24.3 Å². The van der Waals surface area contributed by atoms with Gasteiger partial charge in [0.15, 0.2) is 0 Å². The molecule has 1 aliphatic carbocycles. The molecule has 0 amide bonds. The summed E-state index contributed by atoms with van der Waals surface area (Å²) < 4.78 is 26.8. The van der Waals surface area contributed by atoms with Crippen LogP contribution in [0.4, 0.5) is 5.69 Å². The zero-order valence-corrected chi connectivity index (χ0v) is 12.1. The van der Waals surface area contributed by atoms with Crippen LogP contribution in [0.3, 0.4) is 0 Å². The third-order valence-electron chi connectivity index (χ3n) is 4.01. The second-order valence-corrected chi connectivity index (χ2v) is 7.28. The van der Waals surface area contributed by atoms with E-state index in [1.807, 2.05) is 0 Å². The van der Waals surface area contributed by atoms with Crippen LogP contribution in [-0.2, 0) is 15.8 Å². The van der Waals surface area contributed by atoms with Gasteiger partial charge >= 0.3 is 0 Å². The van der Waals surface area contributed by atoms with Crippen LogP contribution in [0.15, 0.2) is 24.3 Å². The van der Waals surface area contributed by atoms with Gasteiger partial charge in [-0.3, -0.25) is 0 Å². The SMILES string of the molecule is CC1CCCC1CNS(=O)(=O)Cc1ccccc1N. The molecule has 0 radical (unpaired) electrons. The van der Waals surface area contributed by atoms with Gasteiger partial charge in [0.05, 0.1) is 5.75 Å². The van der Waals surface area contributed by atoms with Gasteiger partial charge in [0.1, 0.15) is 0 Å². The average molecular weight is 282 g/mol. The van der Waals surface area contributed by atoms with Crippen LogP contribution in [0.1, 0.15) is 31.7 Å². The number of nitrogens with one attached hydrogen (secondary N) is 1. The highest BCUT2D eigenvalue weighted by Crippen LogP contribution is 2.30. The van der Waals surface area contributed by atoms with Crippen molar-refractivity contribution in [1.82, 2.24) is 4.72 Å². The molecule has 1 fully saturated rings. The molecule has 3 N–H and O–H groups in total. The summed E-state index contributed by atoms with van der Waals surface area (Å²) in [7, 11) is -3.30. The van der Waals surface area contributed by atoms with Crippen molar-refractivity contribution in [2.24, 2.45) is 11.8 Å². The number of nitrogens with two attached hydrogens (primary N) is 1. The van der Waals surface area contributed by atoms with E-state index in [-0.39, 0.29) is 5.75 Å². The van der Waals surface area contributed by atoms with E-state index in [2.05, 4.69) is 11.6 Å². The summed E-state index contributed by atoms with van der Waals surface area (Å²) in [5.41, 5.74) is 6.97. The van der Waals surface area contributed by atoms with Crippen molar-refractivity contribution in [2.45, 2.75) is 31.9 Å². The number of sulfonamides is 1. The minimum absolute atomic E-state index is 0.0409. The fraction of sp³-hybridized carbons (Fsp3) is 0.571. The van der Waals surface area contributed by atoms with E-state index in [4.69, 9.17) is 5.73 Å². The summed E-state index contributed by atoms with van der Waals surface area (Å²) >= 11 is 0. The molecule has 5 heteroatoms. The Labute approximate surface area is 115 Å². The first-order valence-electron chi connectivity index (χ1n) is 6.78. The molecular formula is C14H22N2O2S. The molecule has 0 bridgehead atoms. The van der Waals surface area contributed by atoms with Crippen molar-refractivity contribution < 1.29 is 8.42 Å². The smallest absolute Gasteiger partial charge is 0.215 e. The number of hydrogen-bond acceptors (Lipinski definition) is 3. The average Bonchev–Trinajstić information content (AvgIpc) is 2.75. The third kappa shape index (κ3) is 3.94. The van der Waals surface area contributed by atoms with Crippen LogP contribution >= 0.6 is 0 Å². The van der Waals surface area contributed by atoms with Gasteiger partial charge < -0.3 is 5.73 Å². The maximum atomic E-state index is 12.0. The Balaban J connectivity index is 1.94. The summed E-state index contributed by atoms with van der Waals surface area (Å²) in [6.07, 6.45) is 3.54. The Morgan fingerprint density at radius 3 is 2.68 bits per heavy atom. The number of para-hydroxylation sites is 1. The molecule has 2 unspecified atom stereocenters. The summed E-state index contributed by atoms with van der Waals surface area (Å²) in [6, 6.07) is 7.09. The quantitative estimate of drug-likeness (QED) is 0.813. The van der Waals surface area contributed by atoms with Gasteiger partial charge in [-0.15, -0.1) is 0 Å². The van der Waals surface area contributed by atoms with Gasteiger partial charge in [0.2, 0.25) is 10.0 Å². The van der Waals surface area contributed by atoms with Crippen LogP contribution in [0, 0.1) is 11.8 Å². The lowest BCUT2D eigenvalue weighted by molar-refractivity contribution is 0.414. The molecule has 1 aliphatic rings. The standard InChI is InChI=1S/C14H22N2O2S/c1-11-5-4-7-12(11)9-16-19(17,18)10-13-6-2-3-8-14(13)15/h2-3,6,8,11-12,16H,4-5,7,9-10,15H2,1H3. The molecule has 1 saturated carbocycles. The summed E-state index contributed by atoms with van der Waals surface area (Å²) in [4.78, 5) is 0. The van der Waals surface area contributed by atoms with E-state index in [9.17, 15) is 8.42 Å². The predicted molar refractivity (Wildman–Crippen MR) is 78.0 cm³/mol. The summed E-state index contributed by atoms with van der Waals surface area (Å²) in [5.74, 6) is 1.05. The van der Waals surface area contributed by atoms with Crippen LogP contribution < -0.4 is 10.5 Å². The molecule has 0 heterocycles. The highest BCUT2D eigenvalue weighted by atomic mass is 32.2. The number of benzene rings is 1. The molecule has 2 rings (SSSR count). The minimum atomic E-state index is -3.30. The number of anilines is 1. The van der Waals surface area contributed by atoms with Crippen LogP contribution in [-0.4, -0.2) is 15.0 Å². The monoisotopic (exact) mass is 282 g/mol. The number of hydrogen-bond donors (Lipinski definition) is 2. The molecule has 19 heavy (non-hydrogen) atoms. The van der Waals surface area contributed by atoms with Crippen molar-refractivity contribution in [3.63, 3.8) is 0 Å². The van der Waals surface area contributed by atoms with Gasteiger partial charge in [-0.05, 0) is 29.9 Å². The molecule has 2 atom stereocenters. The van der Waals surface area contributed by atoms with Crippen molar-refractivity contribution >= 4 is 15.7 Å². The van der Waals surface area contributed by atoms with Crippen molar-refractivity contribution in [3.05, 3.63) is 29.8 Å². The zero-order chi connectivity index (χ0) is 13.9. The van der Waals surface area contributed by atoms with Gasteiger partial charge in [-0.2, -0.15) is 0 Å². The molecule has 4 nitrogen and oxygen atoms in total. The first kappa shape index (κ1) is 14.3. The second kappa shape index (κ2) is 5.92. The molecule has 1 aromatic rings. The predicted octanol–water partition coefficient (Wildman–Crippen LogP) is 2.12. The fourth-order valence-electron chi connectivity index (χ4n) is 2.68. The molecule has 1 aromatic carbocycles. The van der Waals surface area contributed by atoms with Gasteiger partial charge in [0, 0.05) is 12.2 Å². The van der Waals surface area contributed by atoms with Crippen molar-refractivity contribution in [1.29, 1.82) is 0 Å². The first-order chi connectivity index (χ1) is 8.98. The summed E-state index contributed by atoms with van der Waals surface area (Å²) in [6.45, 7) is 2.75. The minimum Gasteiger partial charge on any atom is -0.398 e. The van der Waals surface area contributed by atoms with E-state index in [0.717, 1.165) is 6.42 Å². The Morgan fingerprint density at radius 1 is 1.32 bits per heavy atom. The van der Waals surface area contributed by atoms with Crippen LogP contribution in [0.25, 0.3) is 0 Å². The maximum Gasteiger partial charge on any atom is 0.215 e. The van der Waals surface area contributed by atoms with Crippen LogP contribution in [0.5, 0.6) is 0 Å². The van der Waals surface area contributed by atoms with Crippen molar-refractivity contribution in [2.75, 3.05) is 12.3 Å². The molecular weight excluding hydrogens is 260 g/mol. The Kier molecular flexibility index (Phi) is 4.47. The maximum absolute atomic E-state index is 12.0. The number of rotatable bonds is 5. The Morgan fingerprint density at radius 2 is 2.05 bits per heavy atom. The fourth-order valence-corrected chi connectivity index (χ4v) is 3.92. The molecule has 106 valence electrons. The van der Waals surface area contributed by atoms with E-state index in [1.165, 1.54) is 12.8 Å². The highest BCUT2D eigenvalue weighted by Gasteiger charge is 2.24. The van der Waals surface area contributed by atoms with Gasteiger partial charge in [-0.1, -0.05) is 38.0 Å². The van der Waals surface area contributed by atoms with E-state index >= 15 is 0 Å². The second-order valence-electron chi connectivity index (χ2n) is 5.47. The number of nitrogen functional groups attached to an aromatic ring is 1. The Hall–Kier alpha value is -1.07. The molecule has 0 saturated heterocycles.